The molecule has 0 atom stereocenters. The van der Waals surface area contributed by atoms with Gasteiger partial charge in [-0.15, -0.1) is 0 Å². The molecule has 1 rings (SSSR count). The Morgan fingerprint density at radius 2 is 1.43 bits per heavy atom. The molecule has 0 bridgehead atoms. The molecule has 62 valence electrons. The molecule has 0 heterocycles. The van der Waals surface area contributed by atoms with E-state index in [2.05, 4.69) is 72.9 Å². The van der Waals surface area contributed by atoms with Crippen LogP contribution in [0.2, 0.25) is 10.2 Å². The van der Waals surface area contributed by atoms with Gasteiger partial charge in [0.15, 0.2) is 0 Å². The number of hydrogen-bond acceptors (Lipinski definition) is 0. The summed E-state index contributed by atoms with van der Waals surface area (Å²) in [5.41, 5.74) is 4.85. The van der Waals surface area contributed by atoms with Gasteiger partial charge in [0.05, 0.1) is 0 Å². The van der Waals surface area contributed by atoms with Crippen LogP contribution in [0.15, 0.2) is 37.4 Å². The van der Waals surface area contributed by atoms with Crippen LogP contribution in [0, 0.1) is 0 Å². The standard InChI is InChI=1S/C12H12.2Li/c1-9(2)11-6-5-7-12(8-11)10(3)4;;/h5-8H,1-4H2;;. The van der Waals surface area contributed by atoms with E-state index in [1.54, 1.807) is 0 Å². The van der Waals surface area contributed by atoms with E-state index < -0.39 is 0 Å². The SMILES string of the molecule is [Li][CH2]C(=C)c1cccc(C(=C)[CH2][Li])c1. The zero-order valence-corrected chi connectivity index (χ0v) is 9.14. The third-order valence-corrected chi connectivity index (χ3v) is 2.53. The molecule has 0 aliphatic carbocycles. The Morgan fingerprint density at radius 3 is 1.79 bits per heavy atom. The van der Waals surface area contributed by atoms with Crippen LogP contribution in [0.5, 0.6) is 0 Å². The molecule has 1 aromatic carbocycles. The molecule has 0 spiro atoms. The Morgan fingerprint density at radius 1 is 1.00 bits per heavy atom. The van der Waals surface area contributed by atoms with E-state index in [4.69, 9.17) is 0 Å². The summed E-state index contributed by atoms with van der Waals surface area (Å²) in [6, 6.07) is 8.47. The van der Waals surface area contributed by atoms with Crippen LogP contribution in [-0.2, 0) is 0 Å². The fraction of sp³-hybridized carbons (Fsp3) is 0.167. The van der Waals surface area contributed by atoms with Crippen LogP contribution in [0.4, 0.5) is 0 Å². The van der Waals surface area contributed by atoms with Crippen molar-refractivity contribution in [1.82, 2.24) is 0 Å². The molecule has 0 saturated heterocycles. The number of benzene rings is 1. The Kier molecular flexibility index (Phi) is 4.87. The first-order valence-corrected chi connectivity index (χ1v) is 5.15. The molecule has 0 amide bonds. The van der Waals surface area contributed by atoms with Crippen molar-refractivity contribution in [2.75, 3.05) is 0 Å². The molecule has 14 heavy (non-hydrogen) atoms. The van der Waals surface area contributed by atoms with E-state index in [1.807, 2.05) is 0 Å². The topological polar surface area (TPSA) is 0 Å². The predicted octanol–water partition coefficient (Wildman–Crippen LogP) is 2.89. The molecule has 0 nitrogen and oxygen atoms in total. The second-order valence-corrected chi connectivity index (χ2v) is 3.50. The molecular weight excluding hydrogens is 158 g/mol. The summed E-state index contributed by atoms with van der Waals surface area (Å²) in [6.07, 6.45) is 0. The van der Waals surface area contributed by atoms with Gasteiger partial charge in [-0.05, 0) is 0 Å². The quantitative estimate of drug-likeness (QED) is 0.609. The van der Waals surface area contributed by atoms with E-state index >= 15 is 0 Å². The van der Waals surface area contributed by atoms with Crippen molar-refractivity contribution < 1.29 is 0 Å². The van der Waals surface area contributed by atoms with Crippen LogP contribution < -0.4 is 0 Å². The van der Waals surface area contributed by atoms with Crippen molar-refractivity contribution >= 4 is 46.6 Å². The van der Waals surface area contributed by atoms with Crippen molar-refractivity contribution in [3.05, 3.63) is 48.6 Å². The zero-order valence-electron chi connectivity index (χ0n) is 9.14. The Hall–Kier alpha value is -0.105. The third kappa shape index (κ3) is 2.95. The molecule has 1 aromatic rings. The van der Waals surface area contributed by atoms with Gasteiger partial charge >= 0.3 is 105 Å². The fourth-order valence-corrected chi connectivity index (χ4v) is 1.37. The second-order valence-electron chi connectivity index (χ2n) is 3.50. The average molecular weight is 170 g/mol. The van der Waals surface area contributed by atoms with E-state index in [0.717, 1.165) is 10.2 Å². The van der Waals surface area contributed by atoms with Gasteiger partial charge in [-0.2, -0.15) is 0 Å². The summed E-state index contributed by atoms with van der Waals surface area (Å²) in [7, 11) is 0. The molecule has 0 aliphatic heterocycles. The summed E-state index contributed by atoms with van der Waals surface area (Å²) in [5.74, 6) is 0. The summed E-state index contributed by atoms with van der Waals surface area (Å²) in [5, 5.41) is 2.00. The predicted molar refractivity (Wildman–Crippen MR) is 65.6 cm³/mol. The first-order chi connectivity index (χ1) is 6.69. The van der Waals surface area contributed by atoms with E-state index in [9.17, 15) is 0 Å². The average Bonchev–Trinajstić information content (AvgIpc) is 2.27. The van der Waals surface area contributed by atoms with Gasteiger partial charge in [0.1, 0.15) is 0 Å². The maximum atomic E-state index is 4.04. The molecule has 0 aromatic heterocycles. The van der Waals surface area contributed by atoms with Crippen LogP contribution in [0.3, 0.4) is 0 Å². The first kappa shape index (κ1) is 12.0. The van der Waals surface area contributed by atoms with Crippen LogP contribution >= 0.6 is 0 Å². The molecular formula is C12H12Li2. The molecule has 0 radical (unpaired) electrons. The Bertz CT molecular complexity index is 322. The third-order valence-electron chi connectivity index (χ3n) is 2.53. The Balaban J connectivity index is 3.01. The van der Waals surface area contributed by atoms with Crippen LogP contribution in [-0.4, -0.2) is 35.4 Å². The summed E-state index contributed by atoms with van der Waals surface area (Å²) < 4.78 is 0. The number of rotatable bonds is 4. The van der Waals surface area contributed by atoms with Crippen LogP contribution in [0.1, 0.15) is 11.1 Å². The maximum absolute atomic E-state index is 4.04. The van der Waals surface area contributed by atoms with Crippen molar-refractivity contribution in [3.8, 4) is 0 Å². The van der Waals surface area contributed by atoms with E-state index in [-0.39, 0.29) is 0 Å². The van der Waals surface area contributed by atoms with E-state index in [1.165, 1.54) is 22.3 Å². The van der Waals surface area contributed by atoms with Crippen molar-refractivity contribution in [2.24, 2.45) is 0 Å². The van der Waals surface area contributed by atoms with Crippen molar-refractivity contribution in [2.45, 2.75) is 10.2 Å². The van der Waals surface area contributed by atoms with Gasteiger partial charge in [0, 0.05) is 0 Å². The van der Waals surface area contributed by atoms with Gasteiger partial charge < -0.3 is 0 Å². The van der Waals surface area contributed by atoms with Gasteiger partial charge in [-0.25, -0.2) is 0 Å². The van der Waals surface area contributed by atoms with Crippen molar-refractivity contribution in [1.29, 1.82) is 0 Å². The Labute approximate surface area is 105 Å². The van der Waals surface area contributed by atoms with Crippen molar-refractivity contribution in [3.63, 3.8) is 0 Å². The summed E-state index contributed by atoms with van der Waals surface area (Å²) in [6.45, 7) is 8.08. The van der Waals surface area contributed by atoms with Gasteiger partial charge in [0.2, 0.25) is 0 Å². The molecule has 0 unspecified atom stereocenters. The number of hydrogen-bond donors (Lipinski definition) is 0. The summed E-state index contributed by atoms with van der Waals surface area (Å²) in [4.78, 5) is 0. The molecule has 0 aliphatic rings. The molecule has 2 heteroatoms. The second kappa shape index (κ2) is 5.70. The minimum absolute atomic E-state index is 1.00. The molecule has 0 fully saturated rings. The van der Waals surface area contributed by atoms with Gasteiger partial charge in [0.25, 0.3) is 0 Å². The zero-order chi connectivity index (χ0) is 10.6. The molecule has 0 N–H and O–H groups in total. The minimum atomic E-state index is 1.00. The van der Waals surface area contributed by atoms with Crippen LogP contribution in [0.25, 0.3) is 11.1 Å². The fourth-order valence-electron chi connectivity index (χ4n) is 1.37. The normalized spacial score (nSPS) is 10.0. The van der Waals surface area contributed by atoms with Gasteiger partial charge in [-0.1, -0.05) is 0 Å². The summed E-state index contributed by atoms with van der Waals surface area (Å²) >= 11 is 4.26. The monoisotopic (exact) mass is 170 g/mol. The van der Waals surface area contributed by atoms with E-state index in [0.29, 0.717) is 0 Å². The first-order valence-electron chi connectivity index (χ1n) is 5.15. The number of allylic oxidation sites excluding steroid dienone is 2. The van der Waals surface area contributed by atoms with Gasteiger partial charge in [-0.3, -0.25) is 0 Å². The molecule has 0 saturated carbocycles.